The summed E-state index contributed by atoms with van der Waals surface area (Å²) in [5.74, 6) is 2.18. The zero-order valence-corrected chi connectivity index (χ0v) is 20.1. The van der Waals surface area contributed by atoms with Crippen LogP contribution in [0, 0.1) is 6.92 Å². The number of aryl methyl sites for hydroxylation is 2. The van der Waals surface area contributed by atoms with Crippen LogP contribution >= 0.6 is 0 Å². The van der Waals surface area contributed by atoms with E-state index in [0.717, 1.165) is 35.6 Å². The normalized spacial score (nSPS) is 11.2. The van der Waals surface area contributed by atoms with Crippen molar-refractivity contribution in [3.8, 4) is 5.75 Å². The van der Waals surface area contributed by atoms with Crippen LogP contribution in [0.3, 0.4) is 0 Å². The van der Waals surface area contributed by atoms with Crippen molar-refractivity contribution < 1.29 is 9.53 Å². The number of hydrogen-bond donors (Lipinski definition) is 1. The second-order valence-electron chi connectivity index (χ2n) is 8.79. The van der Waals surface area contributed by atoms with Gasteiger partial charge in [-0.05, 0) is 60.7 Å². The van der Waals surface area contributed by atoms with Crippen molar-refractivity contribution in [1.29, 1.82) is 0 Å². The average Bonchev–Trinajstić information content (AvgIpc) is 3.19. The Morgan fingerprint density at radius 3 is 2.71 bits per heavy atom. The number of pyridine rings is 1. The van der Waals surface area contributed by atoms with Gasteiger partial charge in [-0.3, -0.25) is 9.78 Å². The van der Waals surface area contributed by atoms with Gasteiger partial charge in [-0.25, -0.2) is 4.98 Å². The fourth-order valence-corrected chi connectivity index (χ4v) is 4.09. The van der Waals surface area contributed by atoms with E-state index in [9.17, 15) is 4.79 Å². The molecular formula is C28H32N4O2. The van der Waals surface area contributed by atoms with Crippen molar-refractivity contribution in [2.45, 2.75) is 46.1 Å². The second-order valence-corrected chi connectivity index (χ2v) is 8.79. The summed E-state index contributed by atoms with van der Waals surface area (Å²) in [6.45, 7) is 8.39. The van der Waals surface area contributed by atoms with Gasteiger partial charge < -0.3 is 14.6 Å². The number of carbonyl (C=O) groups is 1. The van der Waals surface area contributed by atoms with E-state index in [4.69, 9.17) is 9.72 Å². The molecule has 0 aliphatic rings. The molecule has 0 spiro atoms. The van der Waals surface area contributed by atoms with Crippen molar-refractivity contribution in [2.24, 2.45) is 0 Å². The second kappa shape index (κ2) is 11.0. The van der Waals surface area contributed by atoms with E-state index in [1.807, 2.05) is 24.3 Å². The number of ether oxygens (including phenoxy) is 1. The van der Waals surface area contributed by atoms with Crippen LogP contribution in [0.4, 0.5) is 0 Å². The maximum absolute atomic E-state index is 12.3. The van der Waals surface area contributed by atoms with Crippen molar-refractivity contribution in [3.63, 3.8) is 0 Å². The molecule has 176 valence electrons. The van der Waals surface area contributed by atoms with Crippen LogP contribution in [0.2, 0.25) is 0 Å². The van der Waals surface area contributed by atoms with E-state index in [1.165, 1.54) is 11.1 Å². The molecule has 6 heteroatoms. The molecule has 1 amide bonds. The van der Waals surface area contributed by atoms with E-state index >= 15 is 0 Å². The summed E-state index contributed by atoms with van der Waals surface area (Å²) in [7, 11) is 0. The number of carbonyl (C=O) groups excluding carboxylic acids is 1. The van der Waals surface area contributed by atoms with E-state index in [0.29, 0.717) is 31.2 Å². The molecule has 0 fully saturated rings. The molecular weight excluding hydrogens is 424 g/mol. The first-order chi connectivity index (χ1) is 16.5. The zero-order valence-electron chi connectivity index (χ0n) is 20.1. The number of rotatable bonds is 10. The van der Waals surface area contributed by atoms with Gasteiger partial charge in [0.05, 0.1) is 17.6 Å². The Morgan fingerprint density at radius 1 is 1.09 bits per heavy atom. The lowest BCUT2D eigenvalue weighted by atomic mass is 10.0. The molecule has 1 N–H and O–H groups in total. The number of hydrogen-bond acceptors (Lipinski definition) is 4. The zero-order chi connectivity index (χ0) is 23.9. The third kappa shape index (κ3) is 5.63. The summed E-state index contributed by atoms with van der Waals surface area (Å²) in [6.07, 6.45) is 3.12. The third-order valence-corrected chi connectivity index (χ3v) is 5.84. The minimum atomic E-state index is -0.171. The van der Waals surface area contributed by atoms with Gasteiger partial charge in [-0.1, -0.05) is 44.2 Å². The first-order valence-corrected chi connectivity index (χ1v) is 11.9. The van der Waals surface area contributed by atoms with Gasteiger partial charge in [-0.15, -0.1) is 0 Å². The molecule has 0 atom stereocenters. The number of amides is 1. The van der Waals surface area contributed by atoms with Crippen LogP contribution in [-0.4, -0.2) is 33.6 Å². The topological polar surface area (TPSA) is 69.0 Å². The van der Waals surface area contributed by atoms with E-state index in [2.05, 4.69) is 59.9 Å². The quantitative estimate of drug-likeness (QED) is 0.329. The van der Waals surface area contributed by atoms with Crippen LogP contribution in [0.1, 0.15) is 53.6 Å². The average molecular weight is 457 g/mol. The highest BCUT2D eigenvalue weighted by Gasteiger charge is 2.13. The number of benzene rings is 2. The summed E-state index contributed by atoms with van der Waals surface area (Å²) >= 11 is 0. The molecule has 0 saturated heterocycles. The molecule has 0 radical (unpaired) electrons. The van der Waals surface area contributed by atoms with Gasteiger partial charge in [0.15, 0.2) is 0 Å². The van der Waals surface area contributed by atoms with Gasteiger partial charge in [0, 0.05) is 25.7 Å². The largest absolute Gasteiger partial charge is 0.493 e. The molecule has 4 rings (SSSR count). The van der Waals surface area contributed by atoms with Gasteiger partial charge >= 0.3 is 0 Å². The number of imidazole rings is 1. The minimum Gasteiger partial charge on any atom is -0.493 e. The number of nitrogens with one attached hydrogen (secondary N) is 1. The summed E-state index contributed by atoms with van der Waals surface area (Å²) in [6, 6.07) is 19.9. The molecule has 0 unspecified atom stereocenters. The lowest BCUT2D eigenvalue weighted by Gasteiger charge is -2.15. The molecule has 2 heterocycles. The van der Waals surface area contributed by atoms with E-state index in [-0.39, 0.29) is 5.91 Å². The van der Waals surface area contributed by atoms with Gasteiger partial charge in [-0.2, -0.15) is 0 Å². The standard InChI is InChI=1S/C28H32N4O2/c1-20(2)22-13-12-21(3)19-26(22)34-18-8-17-32-25-11-5-4-9-23(25)31-27(32)14-16-30-28(33)24-10-6-7-15-29-24/h4-7,9-13,15,19-20H,8,14,16-18H2,1-3H3,(H,30,33). The predicted molar refractivity (Wildman–Crippen MR) is 135 cm³/mol. The number of nitrogens with zero attached hydrogens (tertiary/aromatic N) is 3. The van der Waals surface area contributed by atoms with Crippen molar-refractivity contribution in [3.05, 3.63) is 89.5 Å². The summed E-state index contributed by atoms with van der Waals surface area (Å²) < 4.78 is 8.43. The maximum atomic E-state index is 12.3. The lowest BCUT2D eigenvalue weighted by Crippen LogP contribution is -2.27. The van der Waals surface area contributed by atoms with Crippen LogP contribution in [0.15, 0.2) is 66.9 Å². The smallest absolute Gasteiger partial charge is 0.269 e. The SMILES string of the molecule is Cc1ccc(C(C)C)c(OCCCn2c(CCNC(=O)c3ccccn3)nc3ccccc32)c1. The molecule has 0 aliphatic carbocycles. The highest BCUT2D eigenvalue weighted by molar-refractivity contribution is 5.92. The van der Waals surface area contributed by atoms with Crippen molar-refractivity contribution in [2.75, 3.05) is 13.2 Å². The van der Waals surface area contributed by atoms with E-state index in [1.54, 1.807) is 18.3 Å². The molecule has 34 heavy (non-hydrogen) atoms. The number of aromatic nitrogens is 3. The molecule has 2 aromatic carbocycles. The predicted octanol–water partition coefficient (Wildman–Crippen LogP) is 5.30. The maximum Gasteiger partial charge on any atom is 0.269 e. The Kier molecular flexibility index (Phi) is 7.58. The molecule has 2 aromatic heterocycles. The number of fused-ring (bicyclic) bond motifs is 1. The third-order valence-electron chi connectivity index (χ3n) is 5.84. The van der Waals surface area contributed by atoms with Crippen LogP contribution < -0.4 is 10.1 Å². The first kappa shape index (κ1) is 23.5. The first-order valence-electron chi connectivity index (χ1n) is 11.9. The summed E-state index contributed by atoms with van der Waals surface area (Å²) in [4.78, 5) is 21.2. The minimum absolute atomic E-state index is 0.171. The van der Waals surface area contributed by atoms with Gasteiger partial charge in [0.25, 0.3) is 5.91 Å². The summed E-state index contributed by atoms with van der Waals surface area (Å²) in [5, 5.41) is 2.95. The van der Waals surface area contributed by atoms with Crippen LogP contribution in [0.5, 0.6) is 5.75 Å². The van der Waals surface area contributed by atoms with Crippen LogP contribution in [-0.2, 0) is 13.0 Å². The molecule has 0 saturated carbocycles. The molecule has 0 aliphatic heterocycles. The van der Waals surface area contributed by atoms with Crippen molar-refractivity contribution >= 4 is 16.9 Å². The molecule has 4 aromatic rings. The van der Waals surface area contributed by atoms with Crippen LogP contribution in [0.25, 0.3) is 11.0 Å². The Hall–Kier alpha value is -3.67. The number of para-hydroxylation sites is 2. The Morgan fingerprint density at radius 2 is 1.91 bits per heavy atom. The van der Waals surface area contributed by atoms with Gasteiger partial charge in [0.1, 0.15) is 17.3 Å². The molecule has 6 nitrogen and oxygen atoms in total. The molecule has 0 bridgehead atoms. The van der Waals surface area contributed by atoms with E-state index < -0.39 is 0 Å². The highest BCUT2D eigenvalue weighted by Crippen LogP contribution is 2.27. The summed E-state index contributed by atoms with van der Waals surface area (Å²) in [5.41, 5.74) is 4.94. The van der Waals surface area contributed by atoms with Gasteiger partial charge in [0.2, 0.25) is 0 Å². The lowest BCUT2D eigenvalue weighted by molar-refractivity contribution is 0.0949. The fourth-order valence-electron chi connectivity index (χ4n) is 4.09. The Bertz CT molecular complexity index is 1250. The Balaban J connectivity index is 1.40. The monoisotopic (exact) mass is 456 g/mol. The fraction of sp³-hybridized carbons (Fsp3) is 0.321. The van der Waals surface area contributed by atoms with Crippen molar-refractivity contribution in [1.82, 2.24) is 19.9 Å². The Labute approximate surface area is 201 Å². The highest BCUT2D eigenvalue weighted by atomic mass is 16.5.